The average Bonchev–Trinajstić information content (AvgIpc) is 3.44. The topological polar surface area (TPSA) is 101 Å². The van der Waals surface area contributed by atoms with Gasteiger partial charge in [0.1, 0.15) is 12.0 Å². The van der Waals surface area contributed by atoms with Crippen LogP contribution in [0.25, 0.3) is 11.0 Å². The Kier molecular flexibility index (Phi) is 4.96. The summed E-state index contributed by atoms with van der Waals surface area (Å²) < 4.78 is 1.86. The van der Waals surface area contributed by atoms with Crippen LogP contribution in [0, 0.1) is 6.92 Å². The van der Waals surface area contributed by atoms with E-state index in [1.54, 1.807) is 18.6 Å². The largest absolute Gasteiger partial charge is 0.324 e. The van der Waals surface area contributed by atoms with Crippen molar-refractivity contribution in [1.82, 2.24) is 29.7 Å². The van der Waals surface area contributed by atoms with Gasteiger partial charge >= 0.3 is 0 Å². The number of aromatic amines is 1. The van der Waals surface area contributed by atoms with Gasteiger partial charge in [0.25, 0.3) is 5.56 Å². The third kappa shape index (κ3) is 3.68. The number of pyridine rings is 1. The molecule has 0 radical (unpaired) electrons. The van der Waals surface area contributed by atoms with Gasteiger partial charge in [0.2, 0.25) is 11.1 Å². The molecule has 1 aliphatic rings. The summed E-state index contributed by atoms with van der Waals surface area (Å²) in [5, 5.41) is 11.6. The fourth-order valence-electron chi connectivity index (χ4n) is 3.93. The van der Waals surface area contributed by atoms with Crippen molar-refractivity contribution in [3.05, 3.63) is 58.8 Å². The predicted octanol–water partition coefficient (Wildman–Crippen LogP) is 4.23. The molecule has 1 aliphatic carbocycles. The SMILES string of the molecule is Cc1cc(=O)n(C2CCCC2)c2nc(Nc3ccc(Sc4nc[nH]n4)cc3)ncc12. The van der Waals surface area contributed by atoms with Crippen LogP contribution >= 0.6 is 11.8 Å². The Balaban J connectivity index is 1.44. The first-order valence-corrected chi connectivity index (χ1v) is 10.8. The number of rotatable bonds is 5. The Bertz CT molecular complexity index is 1230. The van der Waals surface area contributed by atoms with Crippen molar-refractivity contribution in [3.8, 4) is 0 Å². The lowest BCUT2D eigenvalue weighted by Crippen LogP contribution is -2.24. The second kappa shape index (κ2) is 7.91. The first kappa shape index (κ1) is 18.8. The van der Waals surface area contributed by atoms with Crippen molar-refractivity contribution < 1.29 is 0 Å². The van der Waals surface area contributed by atoms with Crippen molar-refractivity contribution in [2.45, 2.75) is 48.7 Å². The minimum Gasteiger partial charge on any atom is -0.324 e. The van der Waals surface area contributed by atoms with E-state index >= 15 is 0 Å². The van der Waals surface area contributed by atoms with Gasteiger partial charge in [-0.15, -0.1) is 5.10 Å². The summed E-state index contributed by atoms with van der Waals surface area (Å²) in [6, 6.07) is 9.81. The lowest BCUT2D eigenvalue weighted by molar-refractivity contribution is 0.515. The summed E-state index contributed by atoms with van der Waals surface area (Å²) in [5.41, 5.74) is 2.51. The molecule has 3 heterocycles. The molecule has 0 saturated heterocycles. The zero-order chi connectivity index (χ0) is 20.5. The summed E-state index contributed by atoms with van der Waals surface area (Å²) >= 11 is 1.48. The number of aryl methyl sites for hydroxylation is 1. The molecule has 2 N–H and O–H groups in total. The molecule has 1 aromatic carbocycles. The molecule has 0 atom stereocenters. The second-order valence-corrected chi connectivity index (χ2v) is 8.48. The molecule has 152 valence electrons. The maximum Gasteiger partial charge on any atom is 0.252 e. The highest BCUT2D eigenvalue weighted by Crippen LogP contribution is 2.31. The van der Waals surface area contributed by atoms with Gasteiger partial charge in [0.05, 0.1) is 0 Å². The van der Waals surface area contributed by atoms with Crippen molar-refractivity contribution in [2.24, 2.45) is 0 Å². The molecule has 8 nitrogen and oxygen atoms in total. The van der Waals surface area contributed by atoms with Crippen LogP contribution in [0.15, 0.2) is 57.7 Å². The third-order valence-corrected chi connectivity index (χ3v) is 6.29. The van der Waals surface area contributed by atoms with E-state index in [9.17, 15) is 4.79 Å². The van der Waals surface area contributed by atoms with Crippen molar-refractivity contribution in [3.63, 3.8) is 0 Å². The lowest BCUT2D eigenvalue weighted by Gasteiger charge is -2.17. The highest BCUT2D eigenvalue weighted by molar-refractivity contribution is 7.99. The molecule has 1 fully saturated rings. The van der Waals surface area contributed by atoms with Crippen LogP contribution in [0.1, 0.15) is 37.3 Å². The van der Waals surface area contributed by atoms with Crippen LogP contribution < -0.4 is 10.9 Å². The van der Waals surface area contributed by atoms with Crippen LogP contribution in [0.5, 0.6) is 0 Å². The highest BCUT2D eigenvalue weighted by atomic mass is 32.2. The number of nitrogens with one attached hydrogen (secondary N) is 2. The molecule has 0 aliphatic heterocycles. The number of anilines is 2. The van der Waals surface area contributed by atoms with Crippen LogP contribution in [-0.4, -0.2) is 29.7 Å². The number of H-pyrrole nitrogens is 1. The van der Waals surface area contributed by atoms with Crippen LogP contribution in [0.4, 0.5) is 11.6 Å². The Labute approximate surface area is 177 Å². The Morgan fingerprint density at radius 1 is 1.17 bits per heavy atom. The predicted molar refractivity (Wildman–Crippen MR) is 116 cm³/mol. The smallest absolute Gasteiger partial charge is 0.252 e. The second-order valence-electron chi connectivity index (χ2n) is 7.44. The molecule has 1 saturated carbocycles. The number of hydrogen-bond acceptors (Lipinski definition) is 7. The zero-order valence-electron chi connectivity index (χ0n) is 16.5. The Morgan fingerprint density at radius 3 is 2.70 bits per heavy atom. The summed E-state index contributed by atoms with van der Waals surface area (Å²) in [6.45, 7) is 1.93. The van der Waals surface area contributed by atoms with Gasteiger partial charge in [-0.2, -0.15) is 4.98 Å². The molecular weight excluding hydrogens is 398 g/mol. The molecule has 3 aromatic heterocycles. The molecule has 0 bridgehead atoms. The van der Waals surface area contributed by atoms with E-state index in [1.807, 2.05) is 35.8 Å². The number of hydrogen-bond donors (Lipinski definition) is 2. The van der Waals surface area contributed by atoms with Gasteiger partial charge in [-0.1, -0.05) is 12.8 Å². The molecule has 0 amide bonds. The highest BCUT2D eigenvalue weighted by Gasteiger charge is 2.21. The quantitative estimate of drug-likeness (QED) is 0.499. The maximum atomic E-state index is 12.7. The van der Waals surface area contributed by atoms with Crippen molar-refractivity contribution in [2.75, 3.05) is 5.32 Å². The Morgan fingerprint density at radius 2 is 1.97 bits per heavy atom. The van der Waals surface area contributed by atoms with E-state index in [-0.39, 0.29) is 11.6 Å². The number of nitrogens with zero attached hydrogens (tertiary/aromatic N) is 5. The normalized spacial score (nSPS) is 14.4. The van der Waals surface area contributed by atoms with E-state index in [0.717, 1.165) is 47.2 Å². The number of aromatic nitrogens is 6. The summed E-state index contributed by atoms with van der Waals surface area (Å²) in [7, 11) is 0. The van der Waals surface area contributed by atoms with Crippen molar-refractivity contribution >= 4 is 34.4 Å². The van der Waals surface area contributed by atoms with Gasteiger partial charge < -0.3 is 5.32 Å². The lowest BCUT2D eigenvalue weighted by atomic mass is 10.1. The molecular formula is C21H21N7OS. The minimum atomic E-state index is 0.0184. The van der Waals surface area contributed by atoms with Gasteiger partial charge in [-0.25, -0.2) is 9.97 Å². The van der Waals surface area contributed by atoms with Crippen molar-refractivity contribution in [1.29, 1.82) is 0 Å². The van der Waals surface area contributed by atoms with E-state index < -0.39 is 0 Å². The fourth-order valence-corrected chi connectivity index (χ4v) is 4.62. The number of benzene rings is 1. The molecule has 4 aromatic rings. The Hall–Kier alpha value is -3.20. The van der Waals surface area contributed by atoms with Crippen LogP contribution in [-0.2, 0) is 0 Å². The van der Waals surface area contributed by atoms with E-state index in [1.165, 1.54) is 11.8 Å². The third-order valence-electron chi connectivity index (χ3n) is 5.40. The monoisotopic (exact) mass is 419 g/mol. The maximum absolute atomic E-state index is 12.7. The van der Waals surface area contributed by atoms with Gasteiger partial charge in [-0.05, 0) is 61.4 Å². The van der Waals surface area contributed by atoms with Crippen LogP contribution in [0.2, 0.25) is 0 Å². The summed E-state index contributed by atoms with van der Waals surface area (Å²) in [5.74, 6) is 0.480. The summed E-state index contributed by atoms with van der Waals surface area (Å²) in [4.78, 5) is 27.1. The molecule has 5 rings (SSSR count). The van der Waals surface area contributed by atoms with Gasteiger partial charge in [0, 0.05) is 34.3 Å². The number of fused-ring (bicyclic) bond motifs is 1. The molecule has 30 heavy (non-hydrogen) atoms. The standard InChI is InChI=1S/C21H21N7OS/c1-13-10-18(29)28(15-4-2-3-5-15)19-17(13)11-22-20(26-19)25-14-6-8-16(9-7-14)30-21-23-12-24-27-21/h6-12,15H,2-5H2,1H3,(H,22,25,26)(H,23,24,27). The summed E-state index contributed by atoms with van der Waals surface area (Å²) in [6.07, 6.45) is 7.71. The van der Waals surface area contributed by atoms with E-state index in [4.69, 9.17) is 4.98 Å². The van der Waals surface area contributed by atoms with E-state index in [2.05, 4.69) is 25.5 Å². The van der Waals surface area contributed by atoms with Crippen LogP contribution in [0.3, 0.4) is 0 Å². The first-order valence-electron chi connectivity index (χ1n) is 9.97. The molecule has 0 unspecified atom stereocenters. The van der Waals surface area contributed by atoms with E-state index in [0.29, 0.717) is 16.8 Å². The molecule has 9 heteroatoms. The zero-order valence-corrected chi connectivity index (χ0v) is 17.3. The van der Waals surface area contributed by atoms with Gasteiger partial charge in [-0.3, -0.25) is 14.5 Å². The fraction of sp³-hybridized carbons (Fsp3) is 0.286. The van der Waals surface area contributed by atoms with Gasteiger partial charge in [0.15, 0.2) is 0 Å². The first-order chi connectivity index (χ1) is 14.7. The minimum absolute atomic E-state index is 0.0184. The molecule has 0 spiro atoms. The average molecular weight is 420 g/mol.